The van der Waals surface area contributed by atoms with Crippen molar-refractivity contribution in [2.45, 2.75) is 24.1 Å². The molecule has 106 valence electrons. The minimum Gasteiger partial charge on any atom is -0.399 e. The van der Waals surface area contributed by atoms with E-state index in [2.05, 4.69) is 15.5 Å². The first kappa shape index (κ1) is 14.8. The lowest BCUT2D eigenvalue weighted by molar-refractivity contribution is -0.116. The van der Waals surface area contributed by atoms with Crippen molar-refractivity contribution < 1.29 is 4.79 Å². The van der Waals surface area contributed by atoms with Gasteiger partial charge in [-0.3, -0.25) is 4.79 Å². The standard InChI is InChI=1S/C13H16N4OS2/c1-9-16-17-13(20-9)19-8-2-3-12(18)15-11-6-4-10(14)5-7-11/h4-7H,2-3,8,14H2,1H3,(H,15,18). The number of benzene rings is 1. The summed E-state index contributed by atoms with van der Waals surface area (Å²) in [6.45, 7) is 1.93. The van der Waals surface area contributed by atoms with Gasteiger partial charge in [0.05, 0.1) is 0 Å². The predicted molar refractivity (Wildman–Crippen MR) is 84.1 cm³/mol. The second-order valence-corrected chi connectivity index (χ2v) is 6.73. The van der Waals surface area contributed by atoms with Crippen LogP contribution in [0, 0.1) is 6.92 Å². The monoisotopic (exact) mass is 308 g/mol. The summed E-state index contributed by atoms with van der Waals surface area (Å²) in [5.41, 5.74) is 7.05. The Hall–Kier alpha value is -1.60. The maximum atomic E-state index is 11.7. The van der Waals surface area contributed by atoms with Crippen molar-refractivity contribution in [1.29, 1.82) is 0 Å². The molecule has 2 aromatic rings. The van der Waals surface area contributed by atoms with E-state index in [-0.39, 0.29) is 5.91 Å². The van der Waals surface area contributed by atoms with Crippen molar-refractivity contribution in [3.8, 4) is 0 Å². The summed E-state index contributed by atoms with van der Waals surface area (Å²) in [6, 6.07) is 7.13. The number of hydrogen-bond donors (Lipinski definition) is 2. The second-order valence-electron chi connectivity index (χ2n) is 4.21. The molecule has 1 heterocycles. The number of anilines is 2. The number of rotatable bonds is 6. The predicted octanol–water partition coefficient (Wildman–Crippen LogP) is 2.94. The minimum atomic E-state index is 0.0174. The lowest BCUT2D eigenvalue weighted by Gasteiger charge is -2.05. The Morgan fingerprint density at radius 3 is 2.75 bits per heavy atom. The van der Waals surface area contributed by atoms with Crippen molar-refractivity contribution in [1.82, 2.24) is 10.2 Å². The van der Waals surface area contributed by atoms with Gasteiger partial charge in [-0.25, -0.2) is 0 Å². The van der Waals surface area contributed by atoms with Gasteiger partial charge in [0.2, 0.25) is 5.91 Å². The first-order chi connectivity index (χ1) is 9.63. The summed E-state index contributed by atoms with van der Waals surface area (Å²) < 4.78 is 0.960. The Balaban J connectivity index is 1.66. The van der Waals surface area contributed by atoms with E-state index >= 15 is 0 Å². The lowest BCUT2D eigenvalue weighted by atomic mass is 10.2. The van der Waals surface area contributed by atoms with Crippen LogP contribution in [0.25, 0.3) is 0 Å². The van der Waals surface area contributed by atoms with Gasteiger partial charge in [0.25, 0.3) is 0 Å². The molecule has 0 spiro atoms. The maximum absolute atomic E-state index is 11.7. The third-order valence-corrected chi connectivity index (χ3v) is 4.53. The number of nitrogens with zero attached hydrogens (tertiary/aromatic N) is 2. The summed E-state index contributed by atoms with van der Waals surface area (Å²) in [5, 5.41) is 11.8. The van der Waals surface area contributed by atoms with Crippen molar-refractivity contribution in [3.63, 3.8) is 0 Å². The van der Waals surface area contributed by atoms with Gasteiger partial charge in [0.15, 0.2) is 4.34 Å². The molecule has 0 unspecified atom stereocenters. The Labute approximate surface area is 126 Å². The molecule has 0 radical (unpaired) electrons. The number of thioether (sulfide) groups is 1. The molecule has 0 bridgehead atoms. The van der Waals surface area contributed by atoms with E-state index in [4.69, 9.17) is 5.73 Å². The normalized spacial score (nSPS) is 10.4. The van der Waals surface area contributed by atoms with E-state index in [0.29, 0.717) is 12.1 Å². The topological polar surface area (TPSA) is 80.9 Å². The summed E-state index contributed by atoms with van der Waals surface area (Å²) in [7, 11) is 0. The van der Waals surface area contributed by atoms with E-state index < -0.39 is 0 Å². The second kappa shape index (κ2) is 7.25. The lowest BCUT2D eigenvalue weighted by Crippen LogP contribution is -2.11. The smallest absolute Gasteiger partial charge is 0.224 e. The SMILES string of the molecule is Cc1nnc(SCCCC(=O)Nc2ccc(N)cc2)s1. The molecule has 0 saturated carbocycles. The molecular weight excluding hydrogens is 292 g/mol. The summed E-state index contributed by atoms with van der Waals surface area (Å²) in [6.07, 6.45) is 1.30. The molecule has 2 rings (SSSR count). The van der Waals surface area contributed by atoms with Gasteiger partial charge < -0.3 is 11.1 Å². The summed E-state index contributed by atoms with van der Waals surface area (Å²) in [5.74, 6) is 0.882. The quantitative estimate of drug-likeness (QED) is 0.487. The number of nitrogens with one attached hydrogen (secondary N) is 1. The highest BCUT2D eigenvalue weighted by molar-refractivity contribution is 8.01. The zero-order valence-corrected chi connectivity index (χ0v) is 12.8. The molecule has 1 aromatic heterocycles. The van der Waals surface area contributed by atoms with Crippen LogP contribution in [0.2, 0.25) is 0 Å². The van der Waals surface area contributed by atoms with Crippen LogP contribution in [-0.2, 0) is 4.79 Å². The fraction of sp³-hybridized carbons (Fsp3) is 0.308. The highest BCUT2D eigenvalue weighted by Gasteiger charge is 2.04. The van der Waals surface area contributed by atoms with E-state index in [1.165, 1.54) is 0 Å². The van der Waals surface area contributed by atoms with Crippen molar-refractivity contribution in [2.24, 2.45) is 0 Å². The number of hydrogen-bond acceptors (Lipinski definition) is 6. The van der Waals surface area contributed by atoms with Gasteiger partial charge in [-0.05, 0) is 37.6 Å². The molecule has 7 heteroatoms. The Bertz CT molecular complexity index is 568. The van der Waals surface area contributed by atoms with Gasteiger partial charge in [-0.15, -0.1) is 10.2 Å². The molecule has 0 fully saturated rings. The molecule has 20 heavy (non-hydrogen) atoms. The zero-order valence-electron chi connectivity index (χ0n) is 11.1. The first-order valence-electron chi connectivity index (χ1n) is 6.22. The zero-order chi connectivity index (χ0) is 14.4. The molecule has 3 N–H and O–H groups in total. The Morgan fingerprint density at radius 1 is 1.35 bits per heavy atom. The van der Waals surface area contributed by atoms with Gasteiger partial charge in [0.1, 0.15) is 5.01 Å². The number of amides is 1. The van der Waals surface area contributed by atoms with Crippen LogP contribution in [0.5, 0.6) is 0 Å². The van der Waals surface area contributed by atoms with E-state index in [1.807, 2.05) is 6.92 Å². The fourth-order valence-corrected chi connectivity index (χ4v) is 3.34. The van der Waals surface area contributed by atoms with E-state index in [9.17, 15) is 4.79 Å². The molecule has 0 atom stereocenters. The number of carbonyl (C=O) groups is 1. The van der Waals surface area contributed by atoms with Gasteiger partial charge >= 0.3 is 0 Å². The number of nitrogen functional groups attached to an aromatic ring is 1. The van der Waals surface area contributed by atoms with Crippen LogP contribution in [0.4, 0.5) is 11.4 Å². The molecule has 5 nitrogen and oxygen atoms in total. The van der Waals surface area contributed by atoms with Gasteiger partial charge in [-0.1, -0.05) is 23.1 Å². The average molecular weight is 308 g/mol. The van der Waals surface area contributed by atoms with Crippen LogP contribution in [-0.4, -0.2) is 21.9 Å². The highest BCUT2D eigenvalue weighted by atomic mass is 32.2. The Kier molecular flexibility index (Phi) is 5.37. The van der Waals surface area contributed by atoms with E-state index in [1.54, 1.807) is 47.4 Å². The summed E-state index contributed by atoms with van der Waals surface area (Å²) >= 11 is 3.22. The number of carbonyl (C=O) groups excluding carboxylic acids is 1. The van der Waals surface area contributed by atoms with Crippen molar-refractivity contribution in [2.75, 3.05) is 16.8 Å². The molecule has 0 aliphatic carbocycles. The number of aromatic nitrogens is 2. The Morgan fingerprint density at radius 2 is 2.10 bits per heavy atom. The van der Waals surface area contributed by atoms with Crippen molar-refractivity contribution in [3.05, 3.63) is 29.3 Å². The van der Waals surface area contributed by atoms with Gasteiger partial charge in [0, 0.05) is 23.5 Å². The number of nitrogens with two attached hydrogens (primary N) is 1. The third kappa shape index (κ3) is 4.82. The maximum Gasteiger partial charge on any atom is 0.224 e. The molecular formula is C13H16N4OS2. The third-order valence-electron chi connectivity index (χ3n) is 2.48. The van der Waals surface area contributed by atoms with Gasteiger partial charge in [-0.2, -0.15) is 0 Å². The first-order valence-corrected chi connectivity index (χ1v) is 8.02. The minimum absolute atomic E-state index is 0.0174. The molecule has 0 aliphatic heterocycles. The number of aryl methyl sites for hydroxylation is 1. The molecule has 1 aromatic carbocycles. The fourth-order valence-electron chi connectivity index (χ4n) is 1.52. The van der Waals surface area contributed by atoms with Crippen LogP contribution < -0.4 is 11.1 Å². The highest BCUT2D eigenvalue weighted by Crippen LogP contribution is 2.22. The van der Waals surface area contributed by atoms with Crippen LogP contribution >= 0.6 is 23.1 Å². The average Bonchev–Trinajstić information content (AvgIpc) is 2.83. The van der Waals surface area contributed by atoms with Crippen LogP contribution in [0.15, 0.2) is 28.6 Å². The van der Waals surface area contributed by atoms with Crippen LogP contribution in [0.1, 0.15) is 17.8 Å². The molecule has 0 saturated heterocycles. The van der Waals surface area contributed by atoms with Crippen LogP contribution in [0.3, 0.4) is 0 Å². The summed E-state index contributed by atoms with van der Waals surface area (Å²) in [4.78, 5) is 11.7. The van der Waals surface area contributed by atoms with E-state index in [0.717, 1.165) is 27.2 Å². The van der Waals surface area contributed by atoms with Crippen molar-refractivity contribution >= 4 is 40.4 Å². The molecule has 0 aliphatic rings. The largest absolute Gasteiger partial charge is 0.399 e. The molecule has 1 amide bonds.